The van der Waals surface area contributed by atoms with Crippen molar-refractivity contribution in [1.82, 2.24) is 10.6 Å². The molecule has 1 aromatic heterocycles. The van der Waals surface area contributed by atoms with Crippen molar-refractivity contribution in [3.05, 3.63) is 60.1 Å². The van der Waals surface area contributed by atoms with Gasteiger partial charge in [0.15, 0.2) is 0 Å². The Morgan fingerprint density at radius 3 is 2.66 bits per heavy atom. The molecule has 154 valence electrons. The average Bonchev–Trinajstić information content (AvgIpc) is 3.36. The number of esters is 1. The Morgan fingerprint density at radius 1 is 1.24 bits per heavy atom. The van der Waals surface area contributed by atoms with Crippen molar-refractivity contribution >= 4 is 17.8 Å². The molecule has 0 unspecified atom stereocenters. The van der Waals surface area contributed by atoms with Gasteiger partial charge in [-0.1, -0.05) is 30.3 Å². The summed E-state index contributed by atoms with van der Waals surface area (Å²) in [7, 11) is 1.30. The fraction of sp³-hybridized carbons (Fsp3) is 0.409. The molecule has 2 N–H and O–H groups in total. The minimum atomic E-state index is -0.755. The van der Waals surface area contributed by atoms with Crippen LogP contribution in [-0.4, -0.2) is 36.5 Å². The minimum absolute atomic E-state index is 0.0199. The summed E-state index contributed by atoms with van der Waals surface area (Å²) in [6.07, 6.45) is 4.20. The van der Waals surface area contributed by atoms with E-state index in [0.29, 0.717) is 32.1 Å². The lowest BCUT2D eigenvalue weighted by molar-refractivity contribution is -0.145. The van der Waals surface area contributed by atoms with Crippen LogP contribution in [-0.2, 0) is 32.0 Å². The van der Waals surface area contributed by atoms with Crippen LogP contribution in [0.5, 0.6) is 0 Å². The number of hydrogen-bond donors (Lipinski definition) is 2. The van der Waals surface area contributed by atoms with Crippen LogP contribution in [0.15, 0.2) is 53.1 Å². The first kappa shape index (κ1) is 20.6. The Hall–Kier alpha value is -3.09. The maximum absolute atomic E-state index is 12.6. The van der Waals surface area contributed by atoms with Crippen molar-refractivity contribution in [3.63, 3.8) is 0 Å². The van der Waals surface area contributed by atoms with E-state index in [-0.39, 0.29) is 18.2 Å². The average molecular weight is 398 g/mol. The van der Waals surface area contributed by atoms with Gasteiger partial charge >= 0.3 is 5.97 Å². The molecule has 2 aromatic rings. The number of carbonyl (C=O) groups excluding carboxylic acids is 3. The third-order valence-electron chi connectivity index (χ3n) is 5.26. The summed E-state index contributed by atoms with van der Waals surface area (Å²) in [5.41, 5.74) is 0.424. The van der Waals surface area contributed by atoms with Crippen LogP contribution in [0.3, 0.4) is 0 Å². The van der Waals surface area contributed by atoms with Crippen molar-refractivity contribution in [1.29, 1.82) is 0 Å². The first-order chi connectivity index (χ1) is 14.0. The van der Waals surface area contributed by atoms with Gasteiger partial charge in [0.1, 0.15) is 11.8 Å². The topological polar surface area (TPSA) is 97.6 Å². The molecule has 2 atom stereocenters. The number of nitrogens with one attached hydrogen (secondary N) is 2. The zero-order valence-corrected chi connectivity index (χ0v) is 16.5. The highest BCUT2D eigenvalue weighted by molar-refractivity contribution is 5.85. The predicted molar refractivity (Wildman–Crippen MR) is 106 cm³/mol. The lowest BCUT2D eigenvalue weighted by Crippen LogP contribution is -2.46. The first-order valence-electron chi connectivity index (χ1n) is 9.74. The van der Waals surface area contributed by atoms with E-state index in [1.807, 2.05) is 36.4 Å². The van der Waals surface area contributed by atoms with Crippen LogP contribution < -0.4 is 10.6 Å². The van der Waals surface area contributed by atoms with Gasteiger partial charge in [-0.15, -0.1) is 0 Å². The van der Waals surface area contributed by atoms with Crippen molar-refractivity contribution in [2.24, 2.45) is 0 Å². The maximum Gasteiger partial charge on any atom is 0.328 e. The molecule has 0 spiro atoms. The van der Waals surface area contributed by atoms with Gasteiger partial charge in [-0.2, -0.15) is 0 Å². The van der Waals surface area contributed by atoms with E-state index in [9.17, 15) is 14.4 Å². The molecule has 1 fully saturated rings. The highest BCUT2D eigenvalue weighted by Crippen LogP contribution is 2.29. The summed E-state index contributed by atoms with van der Waals surface area (Å²) in [6.45, 7) is 0. The molecule has 7 nitrogen and oxygen atoms in total. The predicted octanol–water partition coefficient (Wildman–Crippen LogP) is 2.15. The van der Waals surface area contributed by atoms with Crippen LogP contribution in [0, 0.1) is 0 Å². The molecule has 2 heterocycles. The summed E-state index contributed by atoms with van der Waals surface area (Å²) in [5, 5.41) is 5.80. The monoisotopic (exact) mass is 398 g/mol. The molecule has 7 heteroatoms. The Bertz CT molecular complexity index is 834. The molecule has 1 aliphatic rings. The third-order valence-corrected chi connectivity index (χ3v) is 5.26. The Balaban J connectivity index is 1.61. The molecule has 0 bridgehead atoms. The van der Waals surface area contributed by atoms with Gasteiger partial charge in [-0.3, -0.25) is 9.59 Å². The summed E-state index contributed by atoms with van der Waals surface area (Å²) in [4.78, 5) is 36.6. The fourth-order valence-corrected chi connectivity index (χ4v) is 3.73. The second kappa shape index (κ2) is 9.41. The molecule has 1 aliphatic heterocycles. The Labute approximate surface area is 169 Å². The lowest BCUT2D eigenvalue weighted by atomic mass is 9.87. The second-order valence-corrected chi connectivity index (χ2v) is 7.42. The van der Waals surface area contributed by atoms with Crippen LogP contribution in [0.4, 0.5) is 0 Å². The number of hydrogen-bond acceptors (Lipinski definition) is 5. The summed E-state index contributed by atoms with van der Waals surface area (Å²) < 4.78 is 10.3. The normalized spacial score (nSPS) is 19.4. The van der Waals surface area contributed by atoms with Crippen LogP contribution >= 0.6 is 0 Å². The van der Waals surface area contributed by atoms with Crippen LogP contribution in [0.25, 0.3) is 0 Å². The lowest BCUT2D eigenvalue weighted by Gasteiger charge is -2.28. The van der Waals surface area contributed by atoms with Crippen molar-refractivity contribution in [2.45, 2.75) is 50.1 Å². The molecule has 0 saturated carbocycles. The molecule has 0 radical (unpaired) electrons. The van der Waals surface area contributed by atoms with Crippen molar-refractivity contribution in [2.75, 3.05) is 7.11 Å². The van der Waals surface area contributed by atoms with Gasteiger partial charge in [-0.05, 0) is 30.5 Å². The second-order valence-electron chi connectivity index (χ2n) is 7.42. The smallest absolute Gasteiger partial charge is 0.328 e. The zero-order chi connectivity index (χ0) is 20.7. The van der Waals surface area contributed by atoms with Gasteiger partial charge in [-0.25, -0.2) is 4.79 Å². The molecule has 1 saturated heterocycles. The van der Waals surface area contributed by atoms with E-state index in [4.69, 9.17) is 9.15 Å². The summed E-state index contributed by atoms with van der Waals surface area (Å²) in [5.74, 6) is 0.00979. The third kappa shape index (κ3) is 5.70. The van der Waals surface area contributed by atoms with Gasteiger partial charge in [0.25, 0.3) is 0 Å². The number of ether oxygens (including phenoxy) is 1. The molecule has 0 aliphatic carbocycles. The largest absolute Gasteiger partial charge is 0.469 e. The van der Waals surface area contributed by atoms with Gasteiger partial charge in [0, 0.05) is 31.2 Å². The summed E-state index contributed by atoms with van der Waals surface area (Å²) in [6, 6.07) is 12.4. The van der Waals surface area contributed by atoms with E-state index in [0.717, 1.165) is 11.3 Å². The standard InChI is InChI=1S/C22H26N2O5/c1-28-21(27)18(14-16-6-3-2-4-7-16)23-19(25)9-11-22(12-10-20(26)24-22)15-17-8-5-13-29-17/h2-8,13,18H,9-12,14-15H2,1H3,(H,23,25)(H,24,26)/t18-,22+/m0/s1. The van der Waals surface area contributed by atoms with E-state index in [1.165, 1.54) is 7.11 Å². The molecule has 3 rings (SSSR count). The number of amides is 2. The first-order valence-corrected chi connectivity index (χ1v) is 9.74. The number of rotatable bonds is 9. The number of benzene rings is 1. The molecule has 2 amide bonds. The SMILES string of the molecule is COC(=O)[C@H](Cc1ccccc1)NC(=O)CC[C@]1(Cc2ccco2)CCC(=O)N1. The molecule has 1 aromatic carbocycles. The van der Waals surface area contributed by atoms with E-state index >= 15 is 0 Å². The van der Waals surface area contributed by atoms with Crippen molar-refractivity contribution in [3.8, 4) is 0 Å². The van der Waals surface area contributed by atoms with Crippen LogP contribution in [0.2, 0.25) is 0 Å². The van der Waals surface area contributed by atoms with Crippen LogP contribution in [0.1, 0.15) is 37.0 Å². The maximum atomic E-state index is 12.6. The number of furan rings is 1. The number of carbonyl (C=O) groups is 3. The zero-order valence-electron chi connectivity index (χ0n) is 16.5. The number of methoxy groups -OCH3 is 1. The Kier molecular flexibility index (Phi) is 6.69. The minimum Gasteiger partial charge on any atom is -0.469 e. The van der Waals surface area contributed by atoms with E-state index < -0.39 is 17.6 Å². The van der Waals surface area contributed by atoms with E-state index in [2.05, 4.69) is 10.6 Å². The molecular weight excluding hydrogens is 372 g/mol. The van der Waals surface area contributed by atoms with E-state index in [1.54, 1.807) is 12.3 Å². The highest BCUT2D eigenvalue weighted by Gasteiger charge is 2.38. The molecule has 29 heavy (non-hydrogen) atoms. The summed E-state index contributed by atoms with van der Waals surface area (Å²) >= 11 is 0. The van der Waals surface area contributed by atoms with Gasteiger partial charge in [0.05, 0.1) is 13.4 Å². The Morgan fingerprint density at radius 2 is 2.03 bits per heavy atom. The quantitative estimate of drug-likeness (QED) is 0.631. The highest BCUT2D eigenvalue weighted by atomic mass is 16.5. The van der Waals surface area contributed by atoms with Gasteiger partial charge in [0.2, 0.25) is 11.8 Å². The van der Waals surface area contributed by atoms with Crippen molar-refractivity contribution < 1.29 is 23.5 Å². The molecular formula is C22H26N2O5. The van der Waals surface area contributed by atoms with Gasteiger partial charge < -0.3 is 19.8 Å². The fourth-order valence-electron chi connectivity index (χ4n) is 3.73.